The summed E-state index contributed by atoms with van der Waals surface area (Å²) in [5, 5.41) is 7.32. The van der Waals surface area contributed by atoms with E-state index in [1.165, 1.54) is 24.3 Å². The molecule has 10 heteroatoms. The molecule has 0 N–H and O–H groups in total. The zero-order chi connectivity index (χ0) is 20.6. The van der Waals surface area contributed by atoms with Crippen LogP contribution in [0.1, 0.15) is 26.7 Å². The van der Waals surface area contributed by atoms with E-state index in [4.69, 9.17) is 8.57 Å². The summed E-state index contributed by atoms with van der Waals surface area (Å²) in [6.07, 6.45) is 0.511. The van der Waals surface area contributed by atoms with Crippen LogP contribution in [-0.4, -0.2) is 28.3 Å². The van der Waals surface area contributed by atoms with Gasteiger partial charge in [0.15, 0.2) is 0 Å². The van der Waals surface area contributed by atoms with Crippen molar-refractivity contribution in [1.29, 1.82) is 0 Å². The fourth-order valence-corrected chi connectivity index (χ4v) is 3.62. The molecular formula is C18H20N2O6S2. The second-order valence-corrected chi connectivity index (χ2v) is 8.52. The van der Waals surface area contributed by atoms with Crippen LogP contribution >= 0.6 is 0 Å². The molecule has 2 aromatic rings. The topological polar surface area (TPSA) is 111 Å². The van der Waals surface area contributed by atoms with Gasteiger partial charge in [-0.1, -0.05) is 60.6 Å². The molecule has 0 saturated carbocycles. The smallest absolute Gasteiger partial charge is 0.264 e. The van der Waals surface area contributed by atoms with Crippen LogP contribution in [0.2, 0.25) is 0 Å². The molecule has 28 heavy (non-hydrogen) atoms. The maximum Gasteiger partial charge on any atom is 0.358 e. The summed E-state index contributed by atoms with van der Waals surface area (Å²) < 4.78 is 58.2. The van der Waals surface area contributed by atoms with Gasteiger partial charge in [0.05, 0.1) is 0 Å². The zero-order valence-corrected chi connectivity index (χ0v) is 17.0. The Kier molecular flexibility index (Phi) is 7.30. The lowest BCUT2D eigenvalue weighted by molar-refractivity contribution is 0.333. The molecular weight excluding hydrogens is 404 g/mol. The Morgan fingerprint density at radius 2 is 1.00 bits per heavy atom. The van der Waals surface area contributed by atoms with Gasteiger partial charge in [-0.15, -0.1) is 0 Å². The zero-order valence-electron chi connectivity index (χ0n) is 15.3. The molecule has 0 atom stereocenters. The summed E-state index contributed by atoms with van der Waals surface area (Å²) in [6.45, 7) is 3.41. The van der Waals surface area contributed by atoms with E-state index in [0.717, 1.165) is 0 Å². The van der Waals surface area contributed by atoms with Gasteiger partial charge in [0.2, 0.25) is 0 Å². The molecule has 0 aliphatic heterocycles. The molecule has 0 radical (unpaired) electrons. The Hall–Kier alpha value is -2.72. The minimum absolute atomic E-state index is 0.0490. The highest BCUT2D eigenvalue weighted by atomic mass is 32.2. The lowest BCUT2D eigenvalue weighted by Crippen LogP contribution is -2.16. The third-order valence-corrected chi connectivity index (χ3v) is 5.80. The summed E-state index contributed by atoms with van der Waals surface area (Å²) in [7, 11) is -8.19. The Labute approximate surface area is 164 Å². The molecule has 0 bridgehead atoms. The van der Waals surface area contributed by atoms with Crippen LogP contribution in [0.5, 0.6) is 0 Å². The molecule has 0 aliphatic rings. The van der Waals surface area contributed by atoms with E-state index >= 15 is 0 Å². The average molecular weight is 425 g/mol. The van der Waals surface area contributed by atoms with Crippen LogP contribution < -0.4 is 0 Å². The highest BCUT2D eigenvalue weighted by molar-refractivity contribution is 7.87. The monoisotopic (exact) mass is 424 g/mol. The Morgan fingerprint density at radius 1 is 0.679 bits per heavy atom. The Morgan fingerprint density at radius 3 is 1.29 bits per heavy atom. The molecule has 0 fully saturated rings. The molecule has 0 amide bonds. The van der Waals surface area contributed by atoms with Crippen molar-refractivity contribution >= 4 is 31.7 Å². The first-order valence-electron chi connectivity index (χ1n) is 8.41. The minimum Gasteiger partial charge on any atom is -0.264 e. The predicted octanol–water partition coefficient (Wildman–Crippen LogP) is 3.33. The summed E-state index contributed by atoms with van der Waals surface area (Å²) >= 11 is 0. The molecule has 150 valence electrons. The van der Waals surface area contributed by atoms with E-state index in [2.05, 4.69) is 10.3 Å². The predicted molar refractivity (Wildman–Crippen MR) is 105 cm³/mol. The molecule has 0 unspecified atom stereocenters. The number of hydrogen-bond acceptors (Lipinski definition) is 8. The fraction of sp³-hybridized carbons (Fsp3) is 0.222. The second-order valence-electron chi connectivity index (χ2n) is 5.47. The normalized spacial score (nSPS) is 13.2. The molecule has 0 heterocycles. The largest absolute Gasteiger partial charge is 0.358 e. The van der Waals surface area contributed by atoms with Crippen LogP contribution in [0.15, 0.2) is 80.8 Å². The lowest BCUT2D eigenvalue weighted by Gasteiger charge is -2.07. The van der Waals surface area contributed by atoms with Gasteiger partial charge < -0.3 is 0 Å². The third kappa shape index (κ3) is 5.64. The molecule has 0 aliphatic carbocycles. The number of hydrogen-bond donors (Lipinski definition) is 0. The van der Waals surface area contributed by atoms with Gasteiger partial charge in [0.25, 0.3) is 0 Å². The highest BCUT2D eigenvalue weighted by Crippen LogP contribution is 2.14. The summed E-state index contributed by atoms with van der Waals surface area (Å²) in [5.74, 6) is 0. The first-order chi connectivity index (χ1) is 13.3. The van der Waals surface area contributed by atoms with Crippen LogP contribution in [-0.2, 0) is 28.8 Å². The molecule has 0 spiro atoms. The summed E-state index contributed by atoms with van der Waals surface area (Å²) in [4.78, 5) is -0.0980. The van der Waals surface area contributed by atoms with Crippen LogP contribution in [0, 0.1) is 0 Å². The Balaban J connectivity index is 2.23. The van der Waals surface area contributed by atoms with Crippen molar-refractivity contribution in [2.45, 2.75) is 36.5 Å². The first kappa shape index (κ1) is 21.6. The van der Waals surface area contributed by atoms with E-state index in [-0.39, 0.29) is 34.1 Å². The van der Waals surface area contributed by atoms with Crippen LogP contribution in [0.25, 0.3) is 0 Å². The number of nitrogens with zero attached hydrogens (tertiary/aromatic N) is 2. The van der Waals surface area contributed by atoms with Crippen molar-refractivity contribution in [2.75, 3.05) is 0 Å². The van der Waals surface area contributed by atoms with Crippen molar-refractivity contribution < 1.29 is 25.4 Å². The van der Waals surface area contributed by atoms with E-state index in [1.54, 1.807) is 50.2 Å². The maximum absolute atomic E-state index is 12.2. The van der Waals surface area contributed by atoms with Crippen LogP contribution in [0.3, 0.4) is 0 Å². The number of rotatable bonds is 9. The summed E-state index contributed by atoms with van der Waals surface area (Å²) in [5.41, 5.74) is 0.315. The Bertz CT molecular complexity index is 960. The molecule has 2 rings (SSSR count). The van der Waals surface area contributed by atoms with Gasteiger partial charge in [-0.3, -0.25) is 8.57 Å². The van der Waals surface area contributed by atoms with Crippen molar-refractivity contribution in [1.82, 2.24) is 0 Å². The van der Waals surface area contributed by atoms with Gasteiger partial charge in [-0.25, -0.2) is 0 Å². The van der Waals surface area contributed by atoms with Crippen molar-refractivity contribution in [2.24, 2.45) is 10.3 Å². The third-order valence-electron chi connectivity index (χ3n) is 3.56. The highest BCUT2D eigenvalue weighted by Gasteiger charge is 2.19. The number of oxime groups is 2. The van der Waals surface area contributed by atoms with E-state index < -0.39 is 20.2 Å². The van der Waals surface area contributed by atoms with E-state index in [0.29, 0.717) is 0 Å². The van der Waals surface area contributed by atoms with Gasteiger partial charge in [0.1, 0.15) is 21.2 Å². The van der Waals surface area contributed by atoms with E-state index in [1.807, 2.05) is 0 Å². The quantitative estimate of drug-likeness (QED) is 0.451. The standard InChI is InChI=1S/C18H20N2O6S2/c1-3-17(19-25-27(21,22)15-11-7-5-8-12-15)18(4-2)20-26-28(23,24)16-13-9-6-10-14-16/h5-14H,3-4H2,1-2H3. The van der Waals surface area contributed by atoms with Gasteiger partial charge >= 0.3 is 20.2 Å². The van der Waals surface area contributed by atoms with E-state index in [9.17, 15) is 16.8 Å². The van der Waals surface area contributed by atoms with Crippen molar-refractivity contribution in [3.63, 3.8) is 0 Å². The lowest BCUT2D eigenvalue weighted by atomic mass is 10.1. The second kappa shape index (κ2) is 9.47. The minimum atomic E-state index is -4.10. The average Bonchev–Trinajstić information content (AvgIpc) is 2.71. The molecule has 0 aromatic heterocycles. The van der Waals surface area contributed by atoms with Crippen LogP contribution in [0.4, 0.5) is 0 Å². The fourth-order valence-electron chi connectivity index (χ4n) is 2.09. The van der Waals surface area contributed by atoms with Crippen molar-refractivity contribution in [3.05, 3.63) is 60.7 Å². The molecule has 2 aromatic carbocycles. The van der Waals surface area contributed by atoms with Gasteiger partial charge in [0, 0.05) is 0 Å². The maximum atomic E-state index is 12.2. The first-order valence-corrected chi connectivity index (χ1v) is 11.2. The van der Waals surface area contributed by atoms with Gasteiger partial charge in [-0.05, 0) is 37.1 Å². The summed E-state index contributed by atoms with van der Waals surface area (Å²) in [6, 6.07) is 15.1. The molecule has 8 nitrogen and oxygen atoms in total. The van der Waals surface area contributed by atoms with Gasteiger partial charge in [-0.2, -0.15) is 16.8 Å². The SMILES string of the molecule is CCC(=NOS(=O)(=O)c1ccccc1)C(CC)=NOS(=O)(=O)c1ccccc1. The number of benzene rings is 2. The van der Waals surface area contributed by atoms with Crippen molar-refractivity contribution in [3.8, 4) is 0 Å². The molecule has 0 saturated heterocycles.